The summed E-state index contributed by atoms with van der Waals surface area (Å²) in [7, 11) is 0. The van der Waals surface area contributed by atoms with Gasteiger partial charge in [0.25, 0.3) is 5.78 Å². The third-order valence-electron chi connectivity index (χ3n) is 4.84. The van der Waals surface area contributed by atoms with E-state index in [4.69, 9.17) is 4.74 Å². The summed E-state index contributed by atoms with van der Waals surface area (Å²) >= 11 is 0. The van der Waals surface area contributed by atoms with E-state index >= 15 is 0 Å². The number of hydrogen-bond acceptors (Lipinski definition) is 6. The first-order valence-corrected chi connectivity index (χ1v) is 9.58. The van der Waals surface area contributed by atoms with Crippen molar-refractivity contribution in [1.29, 1.82) is 0 Å². The molecule has 7 nitrogen and oxygen atoms in total. The largest absolute Gasteiger partial charge is 0.507 e. The normalized spacial score (nSPS) is 17.7. The first kappa shape index (κ1) is 20.2. The van der Waals surface area contributed by atoms with E-state index in [9.17, 15) is 19.1 Å². The Hall–Kier alpha value is -4.07. The Kier molecular flexibility index (Phi) is 5.44. The number of aromatic nitrogens is 2. The van der Waals surface area contributed by atoms with Crippen LogP contribution in [0.3, 0.4) is 0 Å². The molecule has 1 N–H and O–H groups in total. The van der Waals surface area contributed by atoms with Gasteiger partial charge in [-0.25, -0.2) is 14.4 Å². The minimum Gasteiger partial charge on any atom is -0.507 e. The molecule has 0 unspecified atom stereocenters. The highest BCUT2D eigenvalue weighted by molar-refractivity contribution is 6.51. The molecule has 0 bridgehead atoms. The predicted molar refractivity (Wildman–Crippen MR) is 111 cm³/mol. The predicted octanol–water partition coefficient (Wildman–Crippen LogP) is 3.64. The maximum absolute atomic E-state index is 13.5. The summed E-state index contributed by atoms with van der Waals surface area (Å²) in [6.07, 6.45) is 2.88. The van der Waals surface area contributed by atoms with E-state index in [0.717, 1.165) is 4.90 Å². The number of rotatable bonds is 5. The van der Waals surface area contributed by atoms with Gasteiger partial charge in [0.2, 0.25) is 5.95 Å². The molecule has 0 aliphatic carbocycles. The van der Waals surface area contributed by atoms with Gasteiger partial charge in [-0.05, 0) is 55.0 Å². The van der Waals surface area contributed by atoms with Gasteiger partial charge in [0.05, 0.1) is 18.2 Å². The van der Waals surface area contributed by atoms with Crippen LogP contribution in [0.5, 0.6) is 5.75 Å². The Morgan fingerprint density at radius 3 is 2.32 bits per heavy atom. The second-order valence-corrected chi connectivity index (χ2v) is 6.73. The van der Waals surface area contributed by atoms with Crippen molar-refractivity contribution >= 4 is 23.4 Å². The van der Waals surface area contributed by atoms with Crippen molar-refractivity contribution in [3.8, 4) is 5.75 Å². The number of Topliss-reactive ketones (excluding diaryl/α,β-unsaturated/α-hetero) is 1. The van der Waals surface area contributed by atoms with Crippen LogP contribution in [0.25, 0.3) is 5.76 Å². The van der Waals surface area contributed by atoms with Gasteiger partial charge in [0.1, 0.15) is 17.3 Å². The Labute approximate surface area is 177 Å². The molecule has 31 heavy (non-hydrogen) atoms. The van der Waals surface area contributed by atoms with E-state index in [-0.39, 0.29) is 17.3 Å². The first-order valence-electron chi connectivity index (χ1n) is 9.58. The number of nitrogens with zero attached hydrogens (tertiary/aromatic N) is 3. The molecule has 1 aliphatic heterocycles. The smallest absolute Gasteiger partial charge is 0.302 e. The van der Waals surface area contributed by atoms with Crippen molar-refractivity contribution in [3.63, 3.8) is 0 Å². The Balaban J connectivity index is 1.88. The minimum absolute atomic E-state index is 0.00432. The van der Waals surface area contributed by atoms with Gasteiger partial charge in [-0.2, -0.15) is 0 Å². The maximum atomic E-state index is 13.5. The Morgan fingerprint density at radius 1 is 1.06 bits per heavy atom. The fourth-order valence-corrected chi connectivity index (χ4v) is 3.45. The maximum Gasteiger partial charge on any atom is 0.302 e. The van der Waals surface area contributed by atoms with Crippen molar-refractivity contribution in [2.24, 2.45) is 0 Å². The van der Waals surface area contributed by atoms with Crippen LogP contribution in [0.1, 0.15) is 24.1 Å². The van der Waals surface area contributed by atoms with E-state index in [1.807, 2.05) is 6.92 Å². The lowest BCUT2D eigenvalue weighted by molar-refractivity contribution is -0.132. The van der Waals surface area contributed by atoms with Crippen LogP contribution >= 0.6 is 0 Å². The summed E-state index contributed by atoms with van der Waals surface area (Å²) in [6.45, 7) is 2.34. The zero-order valence-electron chi connectivity index (χ0n) is 16.5. The molecule has 2 heterocycles. The number of amides is 1. The highest BCUT2D eigenvalue weighted by Crippen LogP contribution is 2.41. The van der Waals surface area contributed by atoms with Gasteiger partial charge in [0.15, 0.2) is 0 Å². The van der Waals surface area contributed by atoms with Gasteiger partial charge >= 0.3 is 5.91 Å². The lowest BCUT2D eigenvalue weighted by atomic mass is 9.95. The number of aliphatic hydroxyl groups excluding tert-OH is 1. The molecule has 156 valence electrons. The monoisotopic (exact) mass is 419 g/mol. The molecular formula is C23H18FN3O4. The summed E-state index contributed by atoms with van der Waals surface area (Å²) < 4.78 is 18.9. The van der Waals surface area contributed by atoms with Crippen LogP contribution in [0.15, 0.2) is 72.6 Å². The van der Waals surface area contributed by atoms with Crippen molar-refractivity contribution in [3.05, 3.63) is 89.5 Å². The summed E-state index contributed by atoms with van der Waals surface area (Å²) in [5, 5.41) is 11.0. The average Bonchev–Trinajstić information content (AvgIpc) is 3.06. The summed E-state index contributed by atoms with van der Waals surface area (Å²) in [5.41, 5.74) is 0.635. The van der Waals surface area contributed by atoms with E-state index in [1.54, 1.807) is 30.3 Å². The number of ketones is 1. The van der Waals surface area contributed by atoms with Crippen LogP contribution in [-0.2, 0) is 9.59 Å². The molecule has 1 saturated heterocycles. The SMILES string of the molecule is CCOc1ccc(C(O)=C2C(=O)C(=O)N(c3ncccn3)[C@H]2c2ccc(F)cc2)cc1. The van der Waals surface area contributed by atoms with Crippen molar-refractivity contribution in [2.45, 2.75) is 13.0 Å². The van der Waals surface area contributed by atoms with Crippen molar-refractivity contribution < 1.29 is 23.8 Å². The molecule has 2 aromatic carbocycles. The second-order valence-electron chi connectivity index (χ2n) is 6.73. The molecule has 0 radical (unpaired) electrons. The van der Waals surface area contributed by atoms with Crippen LogP contribution in [0, 0.1) is 5.82 Å². The van der Waals surface area contributed by atoms with E-state index in [2.05, 4.69) is 9.97 Å². The summed E-state index contributed by atoms with van der Waals surface area (Å²) in [4.78, 5) is 35.1. The fourth-order valence-electron chi connectivity index (χ4n) is 3.45. The minimum atomic E-state index is -1.02. The molecule has 0 saturated carbocycles. The highest BCUT2D eigenvalue weighted by atomic mass is 19.1. The van der Waals surface area contributed by atoms with E-state index in [0.29, 0.717) is 23.5 Å². The first-order chi connectivity index (χ1) is 15.0. The second kappa shape index (κ2) is 8.35. The topological polar surface area (TPSA) is 92.6 Å². The average molecular weight is 419 g/mol. The van der Waals surface area contributed by atoms with Crippen molar-refractivity contribution in [1.82, 2.24) is 9.97 Å². The third kappa shape index (κ3) is 3.75. The van der Waals surface area contributed by atoms with Gasteiger partial charge < -0.3 is 9.84 Å². The quantitative estimate of drug-likeness (QED) is 0.386. The molecule has 1 aromatic heterocycles. The molecule has 8 heteroatoms. The lowest BCUT2D eigenvalue weighted by Crippen LogP contribution is -2.31. The summed E-state index contributed by atoms with van der Waals surface area (Å²) in [6, 6.07) is 12.4. The number of carbonyl (C=O) groups excluding carboxylic acids is 2. The summed E-state index contributed by atoms with van der Waals surface area (Å²) in [5.74, 6) is -1.98. The fraction of sp³-hybridized carbons (Fsp3) is 0.130. The lowest BCUT2D eigenvalue weighted by Gasteiger charge is -2.23. The van der Waals surface area contributed by atoms with E-state index < -0.39 is 23.5 Å². The number of benzene rings is 2. The Morgan fingerprint density at radius 2 is 1.71 bits per heavy atom. The van der Waals surface area contributed by atoms with Gasteiger partial charge in [-0.3, -0.25) is 14.5 Å². The molecule has 0 spiro atoms. The number of ether oxygens (including phenoxy) is 1. The van der Waals surface area contributed by atoms with Crippen LogP contribution in [-0.4, -0.2) is 33.4 Å². The zero-order valence-corrected chi connectivity index (χ0v) is 16.5. The number of hydrogen-bond donors (Lipinski definition) is 1. The number of carbonyl (C=O) groups is 2. The number of halogens is 1. The van der Waals surface area contributed by atoms with Crippen molar-refractivity contribution in [2.75, 3.05) is 11.5 Å². The molecule has 3 aromatic rings. The van der Waals surface area contributed by atoms with E-state index in [1.165, 1.54) is 36.7 Å². The van der Waals surface area contributed by atoms with Crippen LogP contribution < -0.4 is 9.64 Å². The Bertz CT molecular complexity index is 1150. The third-order valence-corrected chi connectivity index (χ3v) is 4.84. The van der Waals surface area contributed by atoms with Gasteiger partial charge in [0, 0.05) is 18.0 Å². The zero-order chi connectivity index (χ0) is 22.0. The van der Waals surface area contributed by atoms with Crippen LogP contribution in [0.2, 0.25) is 0 Å². The molecule has 1 fully saturated rings. The molecular weight excluding hydrogens is 401 g/mol. The number of aliphatic hydroxyl groups is 1. The standard InChI is InChI=1S/C23H18FN3O4/c1-2-31-17-10-6-15(7-11-17)20(28)18-19(14-4-8-16(24)9-5-14)27(22(30)21(18)29)23-25-12-3-13-26-23/h3-13,19,28H,2H2,1H3/t19-/m0/s1. The molecule has 1 amide bonds. The van der Waals surface area contributed by atoms with Gasteiger partial charge in [-0.1, -0.05) is 12.1 Å². The molecule has 1 atom stereocenters. The molecule has 1 aliphatic rings. The van der Waals surface area contributed by atoms with Crippen LogP contribution in [0.4, 0.5) is 10.3 Å². The molecule has 4 rings (SSSR count). The number of anilines is 1. The van der Waals surface area contributed by atoms with Gasteiger partial charge in [-0.15, -0.1) is 0 Å². The highest BCUT2D eigenvalue weighted by Gasteiger charge is 2.48.